The average molecular weight is 326 g/mol. The third kappa shape index (κ3) is 3.53. The first-order valence-corrected chi connectivity index (χ1v) is 8.43. The predicted molar refractivity (Wildman–Crippen MR) is 89.8 cm³/mol. The first kappa shape index (κ1) is 16.4. The highest BCUT2D eigenvalue weighted by Crippen LogP contribution is 2.23. The number of aromatic amines is 1. The van der Waals surface area contributed by atoms with E-state index < -0.39 is 0 Å². The molecule has 6 heteroatoms. The maximum absolute atomic E-state index is 12.9. The van der Waals surface area contributed by atoms with Gasteiger partial charge in [0.2, 0.25) is 0 Å². The smallest absolute Gasteiger partial charge is 0.276 e. The first-order valence-electron chi connectivity index (χ1n) is 8.43. The molecule has 0 radical (unpaired) electrons. The highest BCUT2D eigenvalue weighted by molar-refractivity contribution is 5.97. The molecule has 1 aromatic carbocycles. The summed E-state index contributed by atoms with van der Waals surface area (Å²) in [6.07, 6.45) is 4.28. The number of likely N-dealkylation sites (tertiary alicyclic amines) is 1. The maximum atomic E-state index is 12.9. The molecule has 0 spiro atoms. The van der Waals surface area contributed by atoms with Crippen LogP contribution in [0.4, 0.5) is 0 Å². The topological polar surface area (TPSA) is 79.0 Å². The number of hydrogen-bond donors (Lipinski definition) is 1. The lowest BCUT2D eigenvalue weighted by molar-refractivity contribution is 0.0653. The second-order valence-electron chi connectivity index (χ2n) is 6.25. The van der Waals surface area contributed by atoms with E-state index in [1.165, 1.54) is 0 Å². The normalized spacial score (nSPS) is 18.2. The van der Waals surface area contributed by atoms with Crippen molar-refractivity contribution in [3.05, 3.63) is 47.3 Å². The Hall–Kier alpha value is -2.50. The lowest BCUT2D eigenvalue weighted by atomic mass is 9.99. The van der Waals surface area contributed by atoms with Crippen molar-refractivity contribution >= 4 is 11.7 Å². The Morgan fingerprint density at radius 2 is 1.96 bits per heavy atom. The van der Waals surface area contributed by atoms with Gasteiger partial charge in [-0.15, -0.1) is 0 Å². The van der Waals surface area contributed by atoms with E-state index in [1.54, 1.807) is 6.92 Å². The van der Waals surface area contributed by atoms with E-state index in [4.69, 9.17) is 0 Å². The molecule has 0 aliphatic carbocycles. The number of carbonyl (C=O) groups is 2. The summed E-state index contributed by atoms with van der Waals surface area (Å²) in [5.41, 5.74) is 1.65. The summed E-state index contributed by atoms with van der Waals surface area (Å²) in [6, 6.07) is 9.19. The van der Waals surface area contributed by atoms with Crippen LogP contribution in [0.25, 0.3) is 0 Å². The van der Waals surface area contributed by atoms with Crippen molar-refractivity contribution in [3.63, 3.8) is 0 Å². The molecular formula is C18H22N4O2. The minimum Gasteiger partial charge on any atom is -0.334 e. The summed E-state index contributed by atoms with van der Waals surface area (Å²) in [4.78, 5) is 27.2. The van der Waals surface area contributed by atoms with Crippen LogP contribution in [0.2, 0.25) is 0 Å². The van der Waals surface area contributed by atoms with E-state index in [0.29, 0.717) is 29.9 Å². The molecular weight excluding hydrogens is 304 g/mol. The SMILES string of the molecule is Cc1n[nH]nc1C(=O)N1CCCCC[C@@H]1CC(=O)c1ccccc1. The molecule has 1 atom stereocenters. The van der Waals surface area contributed by atoms with Crippen LogP contribution in [0, 0.1) is 6.92 Å². The number of hydrogen-bond acceptors (Lipinski definition) is 4. The van der Waals surface area contributed by atoms with Gasteiger partial charge in [0, 0.05) is 24.6 Å². The highest BCUT2D eigenvalue weighted by atomic mass is 16.2. The Morgan fingerprint density at radius 3 is 2.67 bits per heavy atom. The molecule has 24 heavy (non-hydrogen) atoms. The van der Waals surface area contributed by atoms with Crippen molar-refractivity contribution in [2.75, 3.05) is 6.54 Å². The number of amides is 1. The summed E-state index contributed by atoms with van der Waals surface area (Å²) in [6.45, 7) is 2.43. The van der Waals surface area contributed by atoms with E-state index in [9.17, 15) is 9.59 Å². The Labute approximate surface area is 141 Å². The van der Waals surface area contributed by atoms with E-state index in [1.807, 2.05) is 35.2 Å². The second kappa shape index (κ2) is 7.38. The van der Waals surface area contributed by atoms with Gasteiger partial charge in [-0.3, -0.25) is 9.59 Å². The molecule has 2 aromatic rings. The Balaban J connectivity index is 1.79. The zero-order chi connectivity index (χ0) is 16.9. The van der Waals surface area contributed by atoms with Gasteiger partial charge in [0.15, 0.2) is 11.5 Å². The van der Waals surface area contributed by atoms with E-state index in [-0.39, 0.29) is 17.7 Å². The number of benzene rings is 1. The van der Waals surface area contributed by atoms with Gasteiger partial charge in [0.25, 0.3) is 5.91 Å². The Bertz CT molecular complexity index is 711. The van der Waals surface area contributed by atoms with Gasteiger partial charge in [-0.25, -0.2) is 0 Å². The number of rotatable bonds is 4. The van der Waals surface area contributed by atoms with Crippen molar-refractivity contribution in [1.29, 1.82) is 0 Å². The van der Waals surface area contributed by atoms with Crippen LogP contribution in [0.15, 0.2) is 30.3 Å². The molecule has 0 saturated carbocycles. The van der Waals surface area contributed by atoms with Crippen LogP contribution in [0.3, 0.4) is 0 Å². The standard InChI is InChI=1S/C18H22N4O2/c1-13-17(20-21-19-13)18(24)22-11-7-3-6-10-15(22)12-16(23)14-8-4-2-5-9-14/h2,4-5,8-9,15H,3,6-7,10-12H2,1H3,(H,19,20,21)/t15-/m1/s1. The number of Topliss-reactive ketones (excluding diaryl/α,β-unsaturated/α-hetero) is 1. The largest absolute Gasteiger partial charge is 0.334 e. The number of H-pyrrole nitrogens is 1. The lowest BCUT2D eigenvalue weighted by Crippen LogP contribution is -2.41. The average Bonchev–Trinajstić information content (AvgIpc) is 2.89. The molecule has 6 nitrogen and oxygen atoms in total. The molecule has 2 heterocycles. The minimum atomic E-state index is -0.131. The van der Waals surface area contributed by atoms with Crippen molar-refractivity contribution in [1.82, 2.24) is 20.3 Å². The highest BCUT2D eigenvalue weighted by Gasteiger charge is 2.30. The number of ketones is 1. The van der Waals surface area contributed by atoms with Crippen LogP contribution in [-0.2, 0) is 0 Å². The molecule has 1 fully saturated rings. The van der Waals surface area contributed by atoms with Gasteiger partial charge in [0.1, 0.15) is 0 Å². The van der Waals surface area contributed by atoms with Crippen LogP contribution in [0.1, 0.15) is 58.6 Å². The van der Waals surface area contributed by atoms with Gasteiger partial charge in [-0.2, -0.15) is 15.4 Å². The number of nitrogens with zero attached hydrogens (tertiary/aromatic N) is 3. The number of aryl methyl sites for hydroxylation is 1. The molecule has 3 rings (SSSR count). The van der Waals surface area contributed by atoms with Crippen molar-refractivity contribution < 1.29 is 9.59 Å². The number of carbonyl (C=O) groups excluding carboxylic acids is 2. The van der Waals surface area contributed by atoms with Gasteiger partial charge >= 0.3 is 0 Å². The summed E-state index contributed by atoms with van der Waals surface area (Å²) in [7, 11) is 0. The zero-order valence-electron chi connectivity index (χ0n) is 13.9. The third-order valence-corrected chi connectivity index (χ3v) is 4.58. The third-order valence-electron chi connectivity index (χ3n) is 4.58. The van der Waals surface area contributed by atoms with E-state index >= 15 is 0 Å². The first-order chi connectivity index (χ1) is 11.7. The summed E-state index contributed by atoms with van der Waals surface area (Å²) in [5, 5.41) is 10.4. The summed E-state index contributed by atoms with van der Waals surface area (Å²) < 4.78 is 0. The predicted octanol–water partition coefficient (Wildman–Crippen LogP) is 2.77. The lowest BCUT2D eigenvalue weighted by Gasteiger charge is -2.29. The Kier molecular flexibility index (Phi) is 5.03. The van der Waals surface area contributed by atoms with E-state index in [2.05, 4.69) is 15.4 Å². The zero-order valence-corrected chi connectivity index (χ0v) is 13.9. The molecule has 1 aromatic heterocycles. The summed E-state index contributed by atoms with van der Waals surface area (Å²) in [5.74, 6) is -0.0498. The molecule has 1 N–H and O–H groups in total. The number of nitrogens with one attached hydrogen (secondary N) is 1. The molecule has 126 valence electrons. The molecule has 1 amide bonds. The monoisotopic (exact) mass is 326 g/mol. The number of aromatic nitrogens is 3. The van der Waals surface area contributed by atoms with Crippen LogP contribution < -0.4 is 0 Å². The molecule has 1 aliphatic rings. The second-order valence-corrected chi connectivity index (χ2v) is 6.25. The van der Waals surface area contributed by atoms with Crippen molar-refractivity contribution in [3.8, 4) is 0 Å². The van der Waals surface area contributed by atoms with Crippen LogP contribution in [0.5, 0.6) is 0 Å². The van der Waals surface area contributed by atoms with Gasteiger partial charge in [0.05, 0.1) is 5.69 Å². The maximum Gasteiger partial charge on any atom is 0.276 e. The van der Waals surface area contributed by atoms with Gasteiger partial charge in [-0.1, -0.05) is 43.2 Å². The minimum absolute atomic E-state index is 0.0798. The van der Waals surface area contributed by atoms with Crippen molar-refractivity contribution in [2.24, 2.45) is 0 Å². The fourth-order valence-electron chi connectivity index (χ4n) is 3.24. The fourth-order valence-corrected chi connectivity index (χ4v) is 3.24. The quantitative estimate of drug-likeness (QED) is 0.876. The van der Waals surface area contributed by atoms with Crippen LogP contribution >= 0.6 is 0 Å². The Morgan fingerprint density at radius 1 is 1.17 bits per heavy atom. The summed E-state index contributed by atoms with van der Waals surface area (Å²) >= 11 is 0. The fraction of sp³-hybridized carbons (Fsp3) is 0.444. The van der Waals surface area contributed by atoms with E-state index in [0.717, 1.165) is 25.7 Å². The molecule has 1 aliphatic heterocycles. The molecule has 0 unspecified atom stereocenters. The van der Waals surface area contributed by atoms with Crippen LogP contribution in [-0.4, -0.2) is 44.6 Å². The van der Waals surface area contributed by atoms with Gasteiger partial charge < -0.3 is 4.90 Å². The molecule has 0 bridgehead atoms. The van der Waals surface area contributed by atoms with Crippen molar-refractivity contribution in [2.45, 2.75) is 45.1 Å². The van der Waals surface area contributed by atoms with Gasteiger partial charge in [-0.05, 0) is 19.8 Å². The molecule has 1 saturated heterocycles.